The summed E-state index contributed by atoms with van der Waals surface area (Å²) in [5, 5.41) is 0. The molecule has 1 aliphatic heterocycles. The Kier molecular flexibility index (Phi) is 4.02. The minimum Gasteiger partial charge on any atom is -0.365 e. The molecule has 1 aliphatic rings. The van der Waals surface area contributed by atoms with Crippen LogP contribution in [0.2, 0.25) is 0 Å². The fourth-order valence-corrected chi connectivity index (χ4v) is 1.66. The van der Waals surface area contributed by atoms with Crippen molar-refractivity contribution in [3.63, 3.8) is 0 Å². The lowest BCUT2D eigenvalue weighted by Gasteiger charge is -2.27. The first-order valence-electron chi connectivity index (χ1n) is 5.06. The van der Waals surface area contributed by atoms with Crippen LogP contribution in [-0.4, -0.2) is 36.3 Å². The van der Waals surface area contributed by atoms with Crippen LogP contribution in [0.3, 0.4) is 0 Å². The summed E-state index contributed by atoms with van der Waals surface area (Å²) in [6.45, 7) is -0.841. The molecule has 10 heteroatoms. The van der Waals surface area contributed by atoms with Gasteiger partial charge in [0.15, 0.2) is 5.70 Å². The highest BCUT2D eigenvalue weighted by atomic mass is 19.4. The van der Waals surface area contributed by atoms with Crippen LogP contribution >= 0.6 is 0 Å². The molecular weight excluding hydrogens is 293 g/mol. The number of halogens is 9. The van der Waals surface area contributed by atoms with Gasteiger partial charge in [0, 0.05) is 13.1 Å². The molecule has 1 saturated heterocycles. The van der Waals surface area contributed by atoms with Crippen LogP contribution in [0.1, 0.15) is 12.8 Å². The van der Waals surface area contributed by atoms with Crippen molar-refractivity contribution in [2.24, 2.45) is 0 Å². The molecule has 0 bridgehead atoms. The number of rotatable bonds is 2. The normalized spacial score (nSPS) is 19.7. The largest absolute Gasteiger partial charge is 0.460 e. The predicted octanol–water partition coefficient (Wildman–Crippen LogP) is 4.02. The molecule has 0 amide bonds. The zero-order valence-electron chi connectivity index (χ0n) is 9.18. The Bertz CT molecular complexity index is 359. The van der Waals surface area contributed by atoms with Gasteiger partial charge in [0.2, 0.25) is 5.83 Å². The van der Waals surface area contributed by atoms with Gasteiger partial charge in [0.25, 0.3) is 0 Å². The molecule has 0 spiro atoms. The maximum atomic E-state index is 13.1. The van der Waals surface area contributed by atoms with E-state index < -0.39 is 42.9 Å². The molecule has 112 valence electrons. The molecule has 1 rings (SSSR count). The van der Waals surface area contributed by atoms with Crippen LogP contribution in [0.4, 0.5) is 39.5 Å². The summed E-state index contributed by atoms with van der Waals surface area (Å²) in [6.07, 6.45) is -11.7. The Morgan fingerprint density at radius 3 is 1.53 bits per heavy atom. The predicted molar refractivity (Wildman–Crippen MR) is 46.0 cm³/mol. The molecule has 0 aromatic heterocycles. The second-order valence-electron chi connectivity index (χ2n) is 3.93. The van der Waals surface area contributed by atoms with Crippen molar-refractivity contribution in [1.29, 1.82) is 0 Å². The molecule has 0 radical (unpaired) electrons. The molecule has 1 nitrogen and oxygen atoms in total. The van der Waals surface area contributed by atoms with Gasteiger partial charge in [-0.25, -0.2) is 4.39 Å². The molecule has 0 N–H and O–H groups in total. The van der Waals surface area contributed by atoms with Gasteiger partial charge in [0.1, 0.15) is 0 Å². The monoisotopic (exact) mass is 301 g/mol. The lowest BCUT2D eigenvalue weighted by atomic mass is 10.2. The quantitative estimate of drug-likeness (QED) is 0.696. The highest BCUT2D eigenvalue weighted by Gasteiger charge is 2.64. The number of nitrogens with zero attached hydrogens (tertiary/aromatic N) is 1. The van der Waals surface area contributed by atoms with Crippen molar-refractivity contribution in [2.45, 2.75) is 31.1 Å². The molecule has 19 heavy (non-hydrogen) atoms. The van der Waals surface area contributed by atoms with Crippen LogP contribution in [0, 0.1) is 0 Å². The lowest BCUT2D eigenvalue weighted by Crippen LogP contribution is -2.41. The number of likely N-dealkylation sites (tertiary alicyclic amines) is 1. The molecule has 0 aromatic carbocycles. The van der Waals surface area contributed by atoms with Crippen molar-refractivity contribution >= 4 is 0 Å². The molecule has 0 atom stereocenters. The van der Waals surface area contributed by atoms with Gasteiger partial charge in [-0.2, -0.15) is 35.1 Å². The van der Waals surface area contributed by atoms with Crippen LogP contribution in [0.25, 0.3) is 0 Å². The van der Waals surface area contributed by atoms with E-state index in [1.807, 2.05) is 0 Å². The van der Waals surface area contributed by atoms with Gasteiger partial charge in [-0.1, -0.05) is 0 Å². The van der Waals surface area contributed by atoms with Crippen LogP contribution < -0.4 is 0 Å². The Hall–Kier alpha value is -1.09. The summed E-state index contributed by atoms with van der Waals surface area (Å²) in [6, 6.07) is 0. The van der Waals surface area contributed by atoms with Gasteiger partial charge in [-0.15, -0.1) is 0 Å². The second-order valence-corrected chi connectivity index (χ2v) is 3.93. The van der Waals surface area contributed by atoms with E-state index in [9.17, 15) is 39.5 Å². The van der Waals surface area contributed by atoms with E-state index in [0.717, 1.165) is 0 Å². The Balaban J connectivity index is 3.32. The SMILES string of the molecule is F/C(=C(/N1CCCC1)C(F)(F)F)C(F)(F)C(F)(F)F. The van der Waals surface area contributed by atoms with Crippen molar-refractivity contribution < 1.29 is 39.5 Å². The minimum atomic E-state index is -6.42. The first-order chi connectivity index (χ1) is 8.39. The average Bonchev–Trinajstić information content (AvgIpc) is 2.66. The van der Waals surface area contributed by atoms with Gasteiger partial charge in [-0.3, -0.25) is 0 Å². The Labute approximate surface area is 101 Å². The molecule has 1 heterocycles. The van der Waals surface area contributed by atoms with E-state index in [1.165, 1.54) is 0 Å². The number of alkyl halides is 8. The number of allylic oxidation sites excluding steroid dienone is 2. The maximum Gasteiger partial charge on any atom is 0.460 e. The van der Waals surface area contributed by atoms with Crippen molar-refractivity contribution in [2.75, 3.05) is 13.1 Å². The highest BCUT2D eigenvalue weighted by molar-refractivity contribution is 5.21. The topological polar surface area (TPSA) is 3.24 Å². The molecule has 1 fully saturated rings. The Morgan fingerprint density at radius 1 is 0.789 bits per heavy atom. The van der Waals surface area contributed by atoms with Crippen molar-refractivity contribution in [1.82, 2.24) is 4.90 Å². The van der Waals surface area contributed by atoms with Gasteiger partial charge in [-0.05, 0) is 12.8 Å². The molecular formula is C9H8F9N. The molecule has 0 unspecified atom stereocenters. The zero-order chi connectivity index (χ0) is 15.1. The number of hydrogen-bond acceptors (Lipinski definition) is 1. The Morgan fingerprint density at radius 2 is 1.21 bits per heavy atom. The van der Waals surface area contributed by atoms with E-state index >= 15 is 0 Å². The van der Waals surface area contributed by atoms with Crippen LogP contribution in [0.15, 0.2) is 11.5 Å². The number of hydrogen-bond donors (Lipinski definition) is 0. The van der Waals surface area contributed by atoms with E-state index in [1.54, 1.807) is 0 Å². The molecule has 0 aromatic rings. The summed E-state index contributed by atoms with van der Waals surface area (Å²) >= 11 is 0. The first-order valence-corrected chi connectivity index (χ1v) is 5.06. The third-order valence-electron chi connectivity index (χ3n) is 2.53. The maximum absolute atomic E-state index is 13.1. The fourth-order valence-electron chi connectivity index (χ4n) is 1.66. The minimum absolute atomic E-state index is 0.157. The van der Waals surface area contributed by atoms with Gasteiger partial charge in [0.05, 0.1) is 0 Å². The van der Waals surface area contributed by atoms with E-state index in [4.69, 9.17) is 0 Å². The second kappa shape index (κ2) is 4.78. The van der Waals surface area contributed by atoms with Crippen molar-refractivity contribution in [3.8, 4) is 0 Å². The fraction of sp³-hybridized carbons (Fsp3) is 0.778. The lowest BCUT2D eigenvalue weighted by molar-refractivity contribution is -0.272. The summed E-state index contributed by atoms with van der Waals surface area (Å²) in [7, 11) is 0. The van der Waals surface area contributed by atoms with Gasteiger partial charge < -0.3 is 4.90 Å². The van der Waals surface area contributed by atoms with E-state index in [-0.39, 0.29) is 17.7 Å². The summed E-state index contributed by atoms with van der Waals surface area (Å²) in [4.78, 5) is 0.162. The first kappa shape index (κ1) is 16.0. The average molecular weight is 301 g/mol. The molecule has 0 saturated carbocycles. The van der Waals surface area contributed by atoms with Crippen molar-refractivity contribution in [3.05, 3.63) is 11.5 Å². The summed E-state index contributed by atoms with van der Waals surface area (Å²) in [5.74, 6) is -9.67. The third-order valence-corrected chi connectivity index (χ3v) is 2.53. The van der Waals surface area contributed by atoms with Crippen LogP contribution in [-0.2, 0) is 0 Å². The van der Waals surface area contributed by atoms with Crippen LogP contribution in [0.5, 0.6) is 0 Å². The smallest absolute Gasteiger partial charge is 0.365 e. The van der Waals surface area contributed by atoms with Gasteiger partial charge >= 0.3 is 18.3 Å². The summed E-state index contributed by atoms with van der Waals surface area (Å²) in [5.41, 5.74) is -2.55. The van der Waals surface area contributed by atoms with E-state index in [2.05, 4.69) is 0 Å². The standard InChI is InChI=1S/C9H8F9N/c10-5(7(11,12)9(16,17)18)6(8(13,14)15)19-3-1-2-4-19/h1-4H2/b6-5+. The molecule has 0 aliphatic carbocycles. The third kappa shape index (κ3) is 3.08. The zero-order valence-corrected chi connectivity index (χ0v) is 9.18. The van der Waals surface area contributed by atoms with E-state index in [0.29, 0.717) is 0 Å². The summed E-state index contributed by atoms with van der Waals surface area (Å²) < 4.78 is 112. The highest BCUT2D eigenvalue weighted by Crippen LogP contribution is 2.46.